The molecule has 3 heterocycles. The highest BCUT2D eigenvalue weighted by atomic mass is 16.6. The Hall–Kier alpha value is -4.02. The Morgan fingerprint density at radius 2 is 1.89 bits per heavy atom. The molecule has 1 aromatic heterocycles. The van der Waals surface area contributed by atoms with Crippen molar-refractivity contribution in [2.75, 3.05) is 37.0 Å². The lowest BCUT2D eigenvalue weighted by Gasteiger charge is -2.38. The van der Waals surface area contributed by atoms with E-state index in [1.54, 1.807) is 12.1 Å². The molecule has 3 aromatic rings. The fourth-order valence-corrected chi connectivity index (χ4v) is 4.51. The number of hydrogen-bond donors (Lipinski definition) is 4. The van der Waals surface area contributed by atoms with Crippen molar-refractivity contribution in [1.29, 1.82) is 0 Å². The van der Waals surface area contributed by atoms with E-state index in [9.17, 15) is 14.7 Å². The normalized spacial score (nSPS) is 17.5. The first-order valence-electron chi connectivity index (χ1n) is 12.5. The summed E-state index contributed by atoms with van der Waals surface area (Å²) in [5.74, 6) is -0.158. The molecule has 10 heteroatoms. The predicted octanol–water partition coefficient (Wildman–Crippen LogP) is 3.54. The number of rotatable bonds is 9. The molecule has 2 aromatic carbocycles. The predicted molar refractivity (Wildman–Crippen MR) is 141 cm³/mol. The zero-order valence-corrected chi connectivity index (χ0v) is 21.6. The maximum atomic E-state index is 13.2. The first kappa shape index (κ1) is 25.6. The lowest BCUT2D eigenvalue weighted by molar-refractivity contribution is -0.0978. The van der Waals surface area contributed by atoms with Crippen LogP contribution in [0.2, 0.25) is 0 Å². The van der Waals surface area contributed by atoms with Crippen molar-refractivity contribution in [3.05, 3.63) is 77.0 Å². The molecule has 0 radical (unpaired) electrons. The molecule has 0 spiro atoms. The van der Waals surface area contributed by atoms with Crippen molar-refractivity contribution >= 4 is 29.3 Å². The molecule has 1 amide bonds. The van der Waals surface area contributed by atoms with Crippen molar-refractivity contribution < 1.29 is 24.2 Å². The van der Waals surface area contributed by atoms with Crippen LogP contribution < -0.4 is 16.0 Å². The summed E-state index contributed by atoms with van der Waals surface area (Å²) in [5, 5.41) is 19.4. The number of ether oxygens (including phenoxy) is 2. The molecule has 1 atom stereocenters. The number of aromatic nitrogens is 2. The number of esters is 1. The number of anilines is 3. The highest BCUT2D eigenvalue weighted by molar-refractivity contribution is 5.99. The van der Waals surface area contributed by atoms with E-state index in [2.05, 4.69) is 25.9 Å². The number of aliphatic hydroxyl groups excluding tert-OH is 1. The number of fused-ring (bicyclic) bond motifs is 1. The number of carbonyl (C=O) groups excluding carboxylic acids is 2. The van der Waals surface area contributed by atoms with Gasteiger partial charge in [0.05, 0.1) is 31.4 Å². The Balaban J connectivity index is 1.43. The van der Waals surface area contributed by atoms with Gasteiger partial charge in [0.15, 0.2) is 0 Å². The average molecular weight is 518 g/mol. The van der Waals surface area contributed by atoms with Gasteiger partial charge in [-0.2, -0.15) is 4.98 Å². The van der Waals surface area contributed by atoms with E-state index >= 15 is 0 Å². The van der Waals surface area contributed by atoms with E-state index < -0.39 is 11.6 Å². The molecule has 1 unspecified atom stereocenters. The van der Waals surface area contributed by atoms with Gasteiger partial charge in [-0.25, -0.2) is 9.78 Å². The number of amides is 1. The fourth-order valence-electron chi connectivity index (χ4n) is 4.51. The van der Waals surface area contributed by atoms with Gasteiger partial charge in [-0.05, 0) is 37.6 Å². The minimum absolute atomic E-state index is 0.101. The number of nitrogens with zero attached hydrogens (tertiary/aromatic N) is 2. The number of aliphatic hydroxyl groups is 1. The molecule has 1 fully saturated rings. The number of hydrogen-bond acceptors (Lipinski definition) is 9. The minimum atomic E-state index is -0.744. The van der Waals surface area contributed by atoms with Gasteiger partial charge in [0.25, 0.3) is 5.91 Å². The summed E-state index contributed by atoms with van der Waals surface area (Å²) in [6.45, 7) is 7.15. The second-order valence-electron chi connectivity index (χ2n) is 10.5. The lowest BCUT2D eigenvalue weighted by atomic mass is 9.89. The molecule has 4 N–H and O–H groups in total. The smallest absolute Gasteiger partial charge is 0.339 e. The van der Waals surface area contributed by atoms with Crippen molar-refractivity contribution in [3.8, 4) is 0 Å². The molecule has 2 aliphatic heterocycles. The van der Waals surface area contributed by atoms with E-state index in [0.717, 1.165) is 11.1 Å². The largest absolute Gasteiger partial charge is 0.451 e. The molecule has 0 bridgehead atoms. The number of cyclic esters (lactones) is 1. The highest BCUT2D eigenvalue weighted by Crippen LogP contribution is 2.37. The monoisotopic (exact) mass is 517 g/mol. The second kappa shape index (κ2) is 10.0. The van der Waals surface area contributed by atoms with Gasteiger partial charge in [-0.3, -0.25) is 4.79 Å². The molecule has 2 aliphatic rings. The first-order chi connectivity index (χ1) is 18.2. The lowest BCUT2D eigenvalue weighted by Crippen LogP contribution is -2.48. The summed E-state index contributed by atoms with van der Waals surface area (Å²) in [6, 6.07) is 14.2. The van der Waals surface area contributed by atoms with E-state index in [4.69, 9.17) is 9.47 Å². The number of benzene rings is 2. The quantitative estimate of drug-likeness (QED) is 0.314. The van der Waals surface area contributed by atoms with Crippen molar-refractivity contribution in [2.24, 2.45) is 5.41 Å². The molecule has 5 rings (SSSR count). The van der Waals surface area contributed by atoms with Crippen LogP contribution in [0.3, 0.4) is 0 Å². The van der Waals surface area contributed by atoms with Gasteiger partial charge in [0.2, 0.25) is 5.95 Å². The van der Waals surface area contributed by atoms with Crippen LogP contribution in [0.15, 0.2) is 54.7 Å². The van der Waals surface area contributed by atoms with Gasteiger partial charge in [-0.1, -0.05) is 37.3 Å². The van der Waals surface area contributed by atoms with Crippen molar-refractivity contribution in [3.63, 3.8) is 0 Å². The fraction of sp³-hybridized carbons (Fsp3) is 0.357. The Bertz CT molecular complexity index is 1360. The van der Waals surface area contributed by atoms with Crippen LogP contribution in [-0.2, 0) is 15.1 Å². The molecular formula is C28H31N5O5. The summed E-state index contributed by atoms with van der Waals surface area (Å²) in [6.07, 6.45) is 1.45. The van der Waals surface area contributed by atoms with Gasteiger partial charge >= 0.3 is 5.97 Å². The Morgan fingerprint density at radius 3 is 2.58 bits per heavy atom. The maximum absolute atomic E-state index is 13.2. The molecule has 10 nitrogen and oxygen atoms in total. The molecule has 0 aliphatic carbocycles. The average Bonchev–Trinajstić information content (AvgIpc) is 3.12. The van der Waals surface area contributed by atoms with E-state index in [1.165, 1.54) is 6.20 Å². The highest BCUT2D eigenvalue weighted by Gasteiger charge is 2.38. The van der Waals surface area contributed by atoms with Crippen LogP contribution in [-0.4, -0.2) is 53.3 Å². The van der Waals surface area contributed by atoms with Crippen LogP contribution in [0, 0.1) is 5.41 Å². The Labute approximate surface area is 220 Å². The van der Waals surface area contributed by atoms with Gasteiger partial charge in [0.1, 0.15) is 17.0 Å². The van der Waals surface area contributed by atoms with Crippen LogP contribution in [0.4, 0.5) is 17.5 Å². The number of carbonyl (C=O) groups is 2. The van der Waals surface area contributed by atoms with Crippen LogP contribution in [0.1, 0.15) is 58.7 Å². The van der Waals surface area contributed by atoms with Gasteiger partial charge in [-0.15, -0.1) is 0 Å². The minimum Gasteiger partial charge on any atom is -0.451 e. The molecule has 0 saturated carbocycles. The van der Waals surface area contributed by atoms with Gasteiger partial charge in [0, 0.05) is 29.4 Å². The molecule has 1 saturated heterocycles. The second-order valence-corrected chi connectivity index (χ2v) is 10.5. The van der Waals surface area contributed by atoms with E-state index in [0.29, 0.717) is 31.0 Å². The molecule has 198 valence electrons. The van der Waals surface area contributed by atoms with E-state index in [1.807, 2.05) is 57.2 Å². The van der Waals surface area contributed by atoms with Crippen molar-refractivity contribution in [1.82, 2.24) is 15.3 Å². The Morgan fingerprint density at radius 1 is 1.13 bits per heavy atom. The molecule has 38 heavy (non-hydrogen) atoms. The zero-order chi connectivity index (χ0) is 26.9. The summed E-state index contributed by atoms with van der Waals surface area (Å²) >= 11 is 0. The summed E-state index contributed by atoms with van der Waals surface area (Å²) in [7, 11) is 0. The maximum Gasteiger partial charge on any atom is 0.339 e. The van der Waals surface area contributed by atoms with Gasteiger partial charge < -0.3 is 30.5 Å². The third-order valence-corrected chi connectivity index (χ3v) is 6.80. The summed E-state index contributed by atoms with van der Waals surface area (Å²) in [4.78, 5) is 34.3. The van der Waals surface area contributed by atoms with Crippen LogP contribution in [0.25, 0.3) is 0 Å². The summed E-state index contributed by atoms with van der Waals surface area (Å²) < 4.78 is 10.7. The van der Waals surface area contributed by atoms with Crippen molar-refractivity contribution in [2.45, 2.75) is 32.4 Å². The molecular weight excluding hydrogens is 486 g/mol. The standard InChI is InChI=1S/C28H31N5O5/c1-27(2)21-11-18(9-10-19(21)25(36)38-27)31-26-29-12-20(24(35)30-14-28(3)15-37-16-28)23(33-26)32-22(13-34)17-7-5-4-6-8-17/h4-12,22,34H,13-16H2,1-3H3,(H,30,35)(H2,29,31,32,33). The van der Waals surface area contributed by atoms with Crippen LogP contribution in [0.5, 0.6) is 0 Å². The third-order valence-electron chi connectivity index (χ3n) is 6.80. The van der Waals surface area contributed by atoms with Crippen LogP contribution >= 0.6 is 0 Å². The zero-order valence-electron chi connectivity index (χ0n) is 21.6. The third kappa shape index (κ3) is 5.18. The topological polar surface area (TPSA) is 135 Å². The SMILES string of the molecule is CC1(CNC(=O)c2cnc(Nc3ccc4c(c3)C(C)(C)OC4=O)nc2NC(CO)c2ccccc2)COC1. The number of nitrogens with one attached hydrogen (secondary N) is 3. The Kier molecular flexibility index (Phi) is 6.77. The van der Waals surface area contributed by atoms with E-state index in [-0.39, 0.29) is 41.2 Å². The summed E-state index contributed by atoms with van der Waals surface area (Å²) in [5.41, 5.74) is 2.20. The first-order valence-corrected chi connectivity index (χ1v) is 12.5.